The van der Waals surface area contributed by atoms with Gasteiger partial charge in [-0.2, -0.15) is 0 Å². The van der Waals surface area contributed by atoms with Crippen LogP contribution in [0.15, 0.2) is 0 Å². The Morgan fingerprint density at radius 3 is 2.44 bits per heavy atom. The number of hydrogen-bond donors (Lipinski definition) is 1. The second-order valence-corrected chi connectivity index (χ2v) is 6.36. The molecule has 1 saturated heterocycles. The number of halogens is 1. The van der Waals surface area contributed by atoms with Gasteiger partial charge in [0.15, 0.2) is 0 Å². The number of carbonyl (C=O) groups excluding carboxylic acids is 1. The molecular weight excluding hydrogens is 237 g/mol. The van der Waals surface area contributed by atoms with Crippen LogP contribution in [0, 0.1) is 0 Å². The first-order valence-corrected chi connectivity index (χ1v) is 6.59. The number of alkyl halides is 1. The number of rotatable bonds is 0. The van der Waals surface area contributed by atoms with E-state index < -0.39 is 29.5 Å². The highest BCUT2D eigenvalue weighted by molar-refractivity contribution is 5.70. The normalized spacial score (nSPS) is 31.1. The third kappa shape index (κ3) is 2.20. The van der Waals surface area contributed by atoms with Gasteiger partial charge >= 0.3 is 6.09 Å². The molecule has 0 radical (unpaired) electrons. The van der Waals surface area contributed by atoms with E-state index in [0.717, 1.165) is 12.8 Å². The Hall–Kier alpha value is -0.840. The van der Waals surface area contributed by atoms with Crippen LogP contribution in [0.3, 0.4) is 0 Å². The minimum Gasteiger partial charge on any atom is -0.444 e. The van der Waals surface area contributed by atoms with Crippen LogP contribution >= 0.6 is 0 Å². The number of aliphatic hydroxyl groups is 1. The third-order valence-electron chi connectivity index (χ3n) is 3.87. The molecule has 0 bridgehead atoms. The largest absolute Gasteiger partial charge is 0.444 e. The van der Waals surface area contributed by atoms with Crippen molar-refractivity contribution in [1.82, 2.24) is 4.90 Å². The van der Waals surface area contributed by atoms with Crippen molar-refractivity contribution >= 4 is 6.09 Å². The highest BCUT2D eigenvalue weighted by Gasteiger charge is 2.57. The van der Waals surface area contributed by atoms with Gasteiger partial charge in [-0.25, -0.2) is 9.18 Å². The van der Waals surface area contributed by atoms with Gasteiger partial charge in [0.25, 0.3) is 0 Å². The molecular formula is C13H22FNO3. The fourth-order valence-electron chi connectivity index (χ4n) is 3.08. The van der Waals surface area contributed by atoms with Gasteiger partial charge in [-0.3, -0.25) is 4.90 Å². The number of amides is 1. The molecule has 1 N–H and O–H groups in total. The van der Waals surface area contributed by atoms with E-state index in [-0.39, 0.29) is 6.54 Å². The molecule has 2 atom stereocenters. The van der Waals surface area contributed by atoms with E-state index in [2.05, 4.69) is 0 Å². The van der Waals surface area contributed by atoms with E-state index in [1.807, 2.05) is 0 Å². The maximum absolute atomic E-state index is 13.8. The lowest BCUT2D eigenvalue weighted by Crippen LogP contribution is -2.52. The number of aliphatic hydroxyl groups excluding tert-OH is 1. The highest BCUT2D eigenvalue weighted by atomic mass is 19.1. The maximum atomic E-state index is 13.8. The summed E-state index contributed by atoms with van der Waals surface area (Å²) < 4.78 is 19.1. The third-order valence-corrected chi connectivity index (χ3v) is 3.87. The topological polar surface area (TPSA) is 49.8 Å². The van der Waals surface area contributed by atoms with Crippen LogP contribution in [0.2, 0.25) is 0 Å². The van der Waals surface area contributed by atoms with Crippen molar-refractivity contribution in [1.29, 1.82) is 0 Å². The Balaban J connectivity index is 2.18. The van der Waals surface area contributed by atoms with Crippen LogP contribution in [0.1, 0.15) is 46.5 Å². The lowest BCUT2D eigenvalue weighted by Gasteiger charge is -2.37. The minimum absolute atomic E-state index is 0.0594. The molecule has 1 saturated carbocycles. The number of nitrogens with zero attached hydrogens (tertiary/aromatic N) is 1. The number of hydrogen-bond acceptors (Lipinski definition) is 3. The van der Waals surface area contributed by atoms with Crippen molar-refractivity contribution in [2.75, 3.05) is 6.54 Å². The van der Waals surface area contributed by atoms with Gasteiger partial charge in [0.2, 0.25) is 0 Å². The van der Waals surface area contributed by atoms with Crippen LogP contribution < -0.4 is 0 Å². The van der Waals surface area contributed by atoms with Crippen LogP contribution in [0.4, 0.5) is 9.18 Å². The Morgan fingerprint density at radius 2 is 1.94 bits per heavy atom. The SMILES string of the molecule is CC(C)(C)OC(=O)N1CC(F)C(O)C12CCCC2. The van der Waals surface area contributed by atoms with E-state index >= 15 is 0 Å². The molecule has 0 aromatic carbocycles. The van der Waals surface area contributed by atoms with Gasteiger partial charge in [0.05, 0.1) is 12.1 Å². The van der Waals surface area contributed by atoms with Crippen LogP contribution in [-0.4, -0.2) is 46.1 Å². The van der Waals surface area contributed by atoms with Crippen molar-refractivity contribution in [3.8, 4) is 0 Å². The molecule has 2 aliphatic rings. The van der Waals surface area contributed by atoms with E-state index in [1.54, 1.807) is 20.8 Å². The summed E-state index contributed by atoms with van der Waals surface area (Å²) in [5.41, 5.74) is -1.34. The zero-order valence-corrected chi connectivity index (χ0v) is 11.3. The summed E-state index contributed by atoms with van der Waals surface area (Å²) in [6.07, 6.45) is 0.208. The summed E-state index contributed by atoms with van der Waals surface area (Å²) in [5, 5.41) is 10.0. The summed E-state index contributed by atoms with van der Waals surface area (Å²) in [6.45, 7) is 5.29. The standard InChI is InChI=1S/C13H22FNO3/c1-12(2,3)18-11(17)15-8-9(14)10(16)13(15)6-4-5-7-13/h9-10,16H,4-8H2,1-3H3. The zero-order valence-electron chi connectivity index (χ0n) is 11.3. The van der Waals surface area contributed by atoms with Gasteiger partial charge in [-0.05, 0) is 33.6 Å². The first kappa shape index (κ1) is 13.6. The molecule has 18 heavy (non-hydrogen) atoms. The van der Waals surface area contributed by atoms with Crippen molar-refractivity contribution in [3.05, 3.63) is 0 Å². The summed E-state index contributed by atoms with van der Waals surface area (Å²) in [7, 11) is 0. The predicted octanol–water partition coefficient (Wildman–Crippen LogP) is 2.25. The lowest BCUT2D eigenvalue weighted by molar-refractivity contribution is -0.0159. The summed E-state index contributed by atoms with van der Waals surface area (Å²) in [4.78, 5) is 13.6. The molecule has 0 aromatic rings. The highest BCUT2D eigenvalue weighted by Crippen LogP contribution is 2.44. The first-order valence-electron chi connectivity index (χ1n) is 6.59. The first-order chi connectivity index (χ1) is 8.26. The van der Waals surface area contributed by atoms with E-state index in [1.165, 1.54) is 4.90 Å². The second kappa shape index (κ2) is 4.37. The Bertz CT molecular complexity index is 334. The molecule has 5 heteroatoms. The molecule has 1 spiro atoms. The second-order valence-electron chi connectivity index (χ2n) is 6.36. The Kier molecular flexibility index (Phi) is 3.30. The maximum Gasteiger partial charge on any atom is 0.410 e. The van der Waals surface area contributed by atoms with Crippen LogP contribution in [0.5, 0.6) is 0 Å². The summed E-state index contributed by atoms with van der Waals surface area (Å²) >= 11 is 0. The Morgan fingerprint density at radius 1 is 1.39 bits per heavy atom. The summed E-state index contributed by atoms with van der Waals surface area (Å²) in [6, 6.07) is 0. The predicted molar refractivity (Wildman–Crippen MR) is 65.0 cm³/mol. The van der Waals surface area contributed by atoms with Gasteiger partial charge in [0, 0.05) is 0 Å². The lowest BCUT2D eigenvalue weighted by atomic mass is 9.91. The van der Waals surface area contributed by atoms with Gasteiger partial charge in [-0.15, -0.1) is 0 Å². The molecule has 4 nitrogen and oxygen atoms in total. The molecule has 1 aliphatic heterocycles. The molecule has 2 rings (SSSR count). The Labute approximate surface area is 107 Å². The van der Waals surface area contributed by atoms with Crippen LogP contribution in [-0.2, 0) is 4.74 Å². The molecule has 1 amide bonds. The number of likely N-dealkylation sites (tertiary alicyclic amines) is 1. The molecule has 1 heterocycles. The van der Waals surface area contributed by atoms with Crippen molar-refractivity contribution in [3.63, 3.8) is 0 Å². The minimum atomic E-state index is -1.37. The molecule has 104 valence electrons. The van der Waals surface area contributed by atoms with E-state index in [4.69, 9.17) is 4.74 Å². The summed E-state index contributed by atoms with van der Waals surface area (Å²) in [5.74, 6) is 0. The van der Waals surface area contributed by atoms with Crippen LogP contribution in [0.25, 0.3) is 0 Å². The quantitative estimate of drug-likeness (QED) is 0.726. The zero-order chi connectivity index (χ0) is 13.6. The molecule has 2 fully saturated rings. The molecule has 0 aromatic heterocycles. The molecule has 1 aliphatic carbocycles. The van der Waals surface area contributed by atoms with Crippen molar-refractivity contribution < 1.29 is 19.0 Å². The number of ether oxygens (including phenoxy) is 1. The monoisotopic (exact) mass is 259 g/mol. The van der Waals surface area contributed by atoms with Gasteiger partial charge in [-0.1, -0.05) is 12.8 Å². The average Bonchev–Trinajstić information content (AvgIpc) is 2.79. The van der Waals surface area contributed by atoms with Crippen molar-refractivity contribution in [2.45, 2.75) is 69.9 Å². The van der Waals surface area contributed by atoms with Gasteiger partial charge in [0.1, 0.15) is 17.9 Å². The van der Waals surface area contributed by atoms with Gasteiger partial charge < -0.3 is 9.84 Å². The average molecular weight is 259 g/mol. The smallest absolute Gasteiger partial charge is 0.410 e. The fraction of sp³-hybridized carbons (Fsp3) is 0.923. The van der Waals surface area contributed by atoms with E-state index in [0.29, 0.717) is 12.8 Å². The van der Waals surface area contributed by atoms with Crippen molar-refractivity contribution in [2.24, 2.45) is 0 Å². The number of carbonyl (C=O) groups is 1. The molecule has 2 unspecified atom stereocenters. The van der Waals surface area contributed by atoms with E-state index in [9.17, 15) is 14.3 Å². The fourth-order valence-corrected chi connectivity index (χ4v) is 3.08.